The second-order valence-electron chi connectivity index (χ2n) is 11.7. The molecule has 0 atom stereocenters. The monoisotopic (exact) mass is 554 g/mol. The molecule has 0 heterocycles. The van der Waals surface area contributed by atoms with E-state index in [1.807, 2.05) is 0 Å². The van der Waals surface area contributed by atoms with Crippen LogP contribution in [0, 0.1) is 12.8 Å². The number of rotatable bonds is 13. The Labute approximate surface area is 246 Å². The highest BCUT2D eigenvalue weighted by Gasteiger charge is 2.19. The minimum atomic E-state index is -0.350. The van der Waals surface area contributed by atoms with Gasteiger partial charge in [-0.25, -0.2) is 4.79 Å². The first-order chi connectivity index (χ1) is 19.9. The number of benzene rings is 3. The summed E-state index contributed by atoms with van der Waals surface area (Å²) in [6.07, 6.45) is 8.26. The number of aryl methyl sites for hydroxylation is 2. The zero-order valence-corrected chi connectivity index (χ0v) is 25.1. The highest BCUT2D eigenvalue weighted by molar-refractivity contribution is 5.86. The summed E-state index contributed by atoms with van der Waals surface area (Å²) < 4.78 is 11.4. The number of ether oxygens (including phenoxy) is 2. The maximum Gasteiger partial charge on any atom is 0.333 e. The summed E-state index contributed by atoms with van der Waals surface area (Å²) in [5.74, 6) is 2.08. The summed E-state index contributed by atoms with van der Waals surface area (Å²) in [6.45, 7) is 10.8. The summed E-state index contributed by atoms with van der Waals surface area (Å²) in [4.78, 5) is 11.6. The maximum atomic E-state index is 11.6. The maximum absolute atomic E-state index is 11.6. The van der Waals surface area contributed by atoms with Crippen molar-refractivity contribution in [3.05, 3.63) is 89.5 Å². The molecule has 1 saturated carbocycles. The summed E-state index contributed by atoms with van der Waals surface area (Å²) in [6, 6.07) is 22.3. The molecule has 41 heavy (non-hydrogen) atoms. The van der Waals surface area contributed by atoms with Gasteiger partial charge in [-0.2, -0.15) is 0 Å². The van der Waals surface area contributed by atoms with E-state index >= 15 is 0 Å². The van der Waals surface area contributed by atoms with Crippen LogP contribution in [-0.2, 0) is 16.0 Å². The van der Waals surface area contributed by atoms with E-state index < -0.39 is 0 Å². The van der Waals surface area contributed by atoms with Gasteiger partial charge in [0, 0.05) is 12.2 Å². The third kappa shape index (κ3) is 8.56. The van der Waals surface area contributed by atoms with Crippen molar-refractivity contribution in [2.75, 3.05) is 19.8 Å². The Kier molecular flexibility index (Phi) is 11.2. The van der Waals surface area contributed by atoms with E-state index in [-0.39, 0.29) is 12.6 Å². The lowest BCUT2D eigenvalue weighted by Crippen LogP contribution is -2.10. The number of esters is 1. The fourth-order valence-electron chi connectivity index (χ4n) is 5.72. The van der Waals surface area contributed by atoms with Crippen molar-refractivity contribution in [2.24, 2.45) is 5.92 Å². The standard InChI is InChI=1S/C37H46O4/c1-26(2)37(39)41-23-6-5-22-40-36-25-34(18-17-32(36)8-7-21-38)35-20-19-33(24-28(35)4)31-15-13-30(14-16-31)29-11-9-27(3)10-12-29/h13-20,24-25,27,29,38H,1,5-12,21-23H2,2-4H3. The SMILES string of the molecule is C=C(C)C(=O)OCCCCOc1cc(-c2ccc(-c3ccc(C4CCC(C)CC4)cc3)cc2C)ccc1CCCO. The van der Waals surface area contributed by atoms with E-state index in [9.17, 15) is 9.90 Å². The van der Waals surface area contributed by atoms with E-state index in [1.165, 1.54) is 53.5 Å². The van der Waals surface area contributed by atoms with Crippen molar-refractivity contribution >= 4 is 5.97 Å². The van der Waals surface area contributed by atoms with Crippen LogP contribution >= 0.6 is 0 Å². The number of aliphatic hydroxyl groups excluding tert-OH is 1. The van der Waals surface area contributed by atoms with Gasteiger partial charge in [-0.3, -0.25) is 0 Å². The third-order valence-electron chi connectivity index (χ3n) is 8.32. The van der Waals surface area contributed by atoms with Crippen LogP contribution < -0.4 is 4.74 Å². The lowest BCUT2D eigenvalue weighted by Gasteiger charge is -2.26. The molecule has 3 aromatic rings. The van der Waals surface area contributed by atoms with Crippen molar-refractivity contribution < 1.29 is 19.4 Å². The fourth-order valence-corrected chi connectivity index (χ4v) is 5.72. The molecule has 1 fully saturated rings. The van der Waals surface area contributed by atoms with Gasteiger partial charge in [0.25, 0.3) is 0 Å². The van der Waals surface area contributed by atoms with Gasteiger partial charge >= 0.3 is 5.97 Å². The van der Waals surface area contributed by atoms with Crippen LogP contribution in [0.4, 0.5) is 0 Å². The van der Waals surface area contributed by atoms with Gasteiger partial charge in [-0.1, -0.05) is 80.9 Å². The molecular weight excluding hydrogens is 508 g/mol. The topological polar surface area (TPSA) is 55.8 Å². The lowest BCUT2D eigenvalue weighted by molar-refractivity contribution is -0.139. The van der Waals surface area contributed by atoms with Crippen molar-refractivity contribution in [3.63, 3.8) is 0 Å². The molecule has 0 bridgehead atoms. The lowest BCUT2D eigenvalue weighted by atomic mass is 9.79. The Morgan fingerprint density at radius 2 is 1.56 bits per heavy atom. The number of aliphatic hydroxyl groups is 1. The van der Waals surface area contributed by atoms with Gasteiger partial charge in [0.1, 0.15) is 5.75 Å². The van der Waals surface area contributed by atoms with Gasteiger partial charge in [0.2, 0.25) is 0 Å². The second-order valence-corrected chi connectivity index (χ2v) is 11.7. The normalized spacial score (nSPS) is 16.8. The molecule has 1 aliphatic carbocycles. The average molecular weight is 555 g/mol. The Bertz CT molecular complexity index is 1300. The summed E-state index contributed by atoms with van der Waals surface area (Å²) in [5.41, 5.74) is 9.01. The first-order valence-corrected chi connectivity index (χ1v) is 15.3. The highest BCUT2D eigenvalue weighted by atomic mass is 16.5. The van der Waals surface area contributed by atoms with Gasteiger partial charge in [-0.15, -0.1) is 0 Å². The van der Waals surface area contributed by atoms with Crippen LogP contribution in [-0.4, -0.2) is 30.9 Å². The molecule has 4 heteroatoms. The Balaban J connectivity index is 1.43. The zero-order chi connectivity index (χ0) is 29.2. The fraction of sp³-hybridized carbons (Fsp3) is 0.432. The summed E-state index contributed by atoms with van der Waals surface area (Å²) in [7, 11) is 0. The van der Waals surface area contributed by atoms with Crippen LogP contribution in [0.2, 0.25) is 0 Å². The van der Waals surface area contributed by atoms with E-state index in [4.69, 9.17) is 9.47 Å². The molecule has 0 radical (unpaired) electrons. The van der Waals surface area contributed by atoms with Gasteiger partial charge in [0.05, 0.1) is 13.2 Å². The van der Waals surface area contributed by atoms with Crippen molar-refractivity contribution in [3.8, 4) is 28.0 Å². The smallest absolute Gasteiger partial charge is 0.333 e. The Morgan fingerprint density at radius 3 is 2.24 bits per heavy atom. The Hall–Kier alpha value is -3.37. The first-order valence-electron chi connectivity index (χ1n) is 15.3. The molecule has 4 nitrogen and oxygen atoms in total. The van der Waals surface area contributed by atoms with Gasteiger partial charge < -0.3 is 14.6 Å². The van der Waals surface area contributed by atoms with E-state index in [0.717, 1.165) is 42.1 Å². The Morgan fingerprint density at radius 1 is 0.878 bits per heavy atom. The minimum absolute atomic E-state index is 0.149. The molecule has 0 saturated heterocycles. The van der Waals surface area contributed by atoms with Crippen molar-refractivity contribution in [2.45, 2.75) is 78.1 Å². The summed E-state index contributed by atoms with van der Waals surface area (Å²) >= 11 is 0. The van der Waals surface area contributed by atoms with Crippen LogP contribution in [0.15, 0.2) is 72.8 Å². The third-order valence-corrected chi connectivity index (χ3v) is 8.32. The number of hydrogen-bond acceptors (Lipinski definition) is 4. The van der Waals surface area contributed by atoms with Crippen LogP contribution in [0.3, 0.4) is 0 Å². The van der Waals surface area contributed by atoms with E-state index in [2.05, 4.69) is 81.1 Å². The van der Waals surface area contributed by atoms with Crippen LogP contribution in [0.25, 0.3) is 22.3 Å². The van der Waals surface area contributed by atoms with Gasteiger partial charge in [-0.05, 0) is 109 Å². The predicted molar refractivity (Wildman–Crippen MR) is 168 cm³/mol. The van der Waals surface area contributed by atoms with Crippen molar-refractivity contribution in [1.29, 1.82) is 0 Å². The molecule has 218 valence electrons. The molecule has 3 aromatic carbocycles. The predicted octanol–water partition coefficient (Wildman–Crippen LogP) is 8.83. The molecule has 4 rings (SSSR count). The molecular formula is C37H46O4. The second kappa shape index (κ2) is 15.0. The van der Waals surface area contributed by atoms with E-state index in [1.54, 1.807) is 6.92 Å². The average Bonchev–Trinajstić information content (AvgIpc) is 2.98. The highest BCUT2D eigenvalue weighted by Crippen LogP contribution is 2.37. The number of carbonyl (C=O) groups is 1. The number of carbonyl (C=O) groups excluding carboxylic acids is 1. The summed E-state index contributed by atoms with van der Waals surface area (Å²) in [5, 5.41) is 9.37. The molecule has 0 unspecified atom stereocenters. The van der Waals surface area contributed by atoms with Gasteiger partial charge in [0.15, 0.2) is 0 Å². The zero-order valence-electron chi connectivity index (χ0n) is 25.1. The first kappa shape index (κ1) is 30.6. The number of unbranched alkanes of at least 4 members (excludes halogenated alkanes) is 1. The van der Waals surface area contributed by atoms with E-state index in [0.29, 0.717) is 31.1 Å². The quantitative estimate of drug-likeness (QED) is 0.130. The minimum Gasteiger partial charge on any atom is -0.493 e. The van der Waals surface area contributed by atoms with Crippen LogP contribution in [0.1, 0.15) is 81.4 Å². The van der Waals surface area contributed by atoms with Crippen molar-refractivity contribution in [1.82, 2.24) is 0 Å². The number of hydrogen-bond donors (Lipinski definition) is 1. The molecule has 0 spiro atoms. The molecule has 0 amide bonds. The molecule has 0 aromatic heterocycles. The molecule has 0 aliphatic heterocycles. The molecule has 1 aliphatic rings. The largest absolute Gasteiger partial charge is 0.493 e. The molecule has 1 N–H and O–H groups in total. The van der Waals surface area contributed by atoms with Crippen LogP contribution in [0.5, 0.6) is 5.75 Å².